The van der Waals surface area contributed by atoms with Crippen LogP contribution in [0.4, 0.5) is 0 Å². The second-order valence-electron chi connectivity index (χ2n) is 7.12. The van der Waals surface area contributed by atoms with Crippen LogP contribution in [0.25, 0.3) is 0 Å². The topological polar surface area (TPSA) is 84.0 Å². The van der Waals surface area contributed by atoms with Crippen molar-refractivity contribution in [3.05, 3.63) is 65.2 Å². The molecule has 0 atom stereocenters. The van der Waals surface area contributed by atoms with E-state index in [2.05, 4.69) is 20.9 Å². The maximum absolute atomic E-state index is 12.2. The molecule has 0 unspecified atom stereocenters. The van der Waals surface area contributed by atoms with E-state index in [0.717, 1.165) is 28.9 Å². The lowest BCUT2D eigenvalue weighted by molar-refractivity contribution is -0.120. The Bertz CT molecular complexity index is 825. The van der Waals surface area contributed by atoms with E-state index in [9.17, 15) is 4.79 Å². The molecule has 0 radical (unpaired) electrons. The molecule has 0 aromatic heterocycles. The van der Waals surface area contributed by atoms with Gasteiger partial charge in [-0.15, -0.1) is 0 Å². The number of guanidine groups is 1. The van der Waals surface area contributed by atoms with Gasteiger partial charge in [-0.25, -0.2) is 4.99 Å². The summed E-state index contributed by atoms with van der Waals surface area (Å²) in [5.74, 6) is 1.33. The Kier molecular flexibility index (Phi) is 11.0. The van der Waals surface area contributed by atoms with Crippen LogP contribution in [-0.2, 0) is 22.6 Å². The van der Waals surface area contributed by atoms with Crippen LogP contribution < -0.4 is 20.7 Å². The van der Waals surface area contributed by atoms with Crippen molar-refractivity contribution in [2.75, 3.05) is 33.4 Å². The van der Waals surface area contributed by atoms with Gasteiger partial charge in [-0.3, -0.25) is 4.79 Å². The summed E-state index contributed by atoms with van der Waals surface area (Å²) in [6, 6.07) is 15.9. The third-order valence-electron chi connectivity index (χ3n) is 4.47. The van der Waals surface area contributed by atoms with Crippen LogP contribution >= 0.6 is 0 Å². The van der Waals surface area contributed by atoms with E-state index in [1.807, 2.05) is 62.4 Å². The zero-order chi connectivity index (χ0) is 22.3. The summed E-state index contributed by atoms with van der Waals surface area (Å²) in [7, 11) is 1.68. The van der Waals surface area contributed by atoms with Crippen molar-refractivity contribution in [1.82, 2.24) is 16.0 Å². The summed E-state index contributed by atoms with van der Waals surface area (Å²) in [6.07, 6.45) is 0.829. The molecule has 0 spiro atoms. The highest BCUT2D eigenvalue weighted by atomic mass is 16.5. The predicted molar refractivity (Wildman–Crippen MR) is 124 cm³/mol. The first-order chi connectivity index (χ1) is 15.1. The van der Waals surface area contributed by atoms with Crippen LogP contribution in [0, 0.1) is 6.92 Å². The number of methoxy groups -OCH3 is 1. The van der Waals surface area contributed by atoms with Gasteiger partial charge < -0.3 is 25.4 Å². The Balaban J connectivity index is 1.90. The van der Waals surface area contributed by atoms with Crippen LogP contribution in [0.2, 0.25) is 0 Å². The quantitative estimate of drug-likeness (QED) is 0.276. The molecule has 0 saturated heterocycles. The van der Waals surface area contributed by atoms with Gasteiger partial charge in [-0.1, -0.05) is 42.5 Å². The first-order valence-electron chi connectivity index (χ1n) is 10.7. The number of aliphatic imine (C=N–C) groups is 1. The summed E-state index contributed by atoms with van der Waals surface area (Å²) in [5.41, 5.74) is 3.19. The normalized spacial score (nSPS) is 11.1. The number of nitrogens with zero attached hydrogens (tertiary/aromatic N) is 1. The molecular weight excluding hydrogens is 392 g/mol. The third kappa shape index (κ3) is 9.53. The lowest BCUT2D eigenvalue weighted by Crippen LogP contribution is -2.43. The van der Waals surface area contributed by atoms with E-state index >= 15 is 0 Å². The largest absolute Gasteiger partial charge is 0.493 e. The van der Waals surface area contributed by atoms with Crippen LogP contribution in [0.1, 0.15) is 30.0 Å². The summed E-state index contributed by atoms with van der Waals surface area (Å²) in [4.78, 5) is 16.8. The standard InChI is InChI=1S/C24H34N4O3/c1-4-25-24(28-18-23(29)26-16-20-9-6-5-7-10-20)27-17-21-12-11-19(2)15-22(21)31-14-8-13-30-3/h5-7,9-12,15H,4,8,13-14,16-18H2,1-3H3,(H,26,29)(H2,25,27,28). The van der Waals surface area contributed by atoms with E-state index in [-0.39, 0.29) is 12.5 Å². The maximum atomic E-state index is 12.2. The fourth-order valence-corrected chi connectivity index (χ4v) is 2.84. The predicted octanol–water partition coefficient (Wildman–Crippen LogP) is 2.78. The molecule has 7 heteroatoms. The minimum atomic E-state index is -0.0908. The van der Waals surface area contributed by atoms with Gasteiger partial charge in [0, 0.05) is 38.8 Å². The van der Waals surface area contributed by atoms with Gasteiger partial charge >= 0.3 is 0 Å². The van der Waals surface area contributed by atoms with Crippen molar-refractivity contribution in [3.63, 3.8) is 0 Å². The van der Waals surface area contributed by atoms with Gasteiger partial charge in [0.25, 0.3) is 0 Å². The molecule has 31 heavy (non-hydrogen) atoms. The van der Waals surface area contributed by atoms with Gasteiger partial charge in [0.2, 0.25) is 5.91 Å². The number of carbonyl (C=O) groups is 1. The second-order valence-corrected chi connectivity index (χ2v) is 7.12. The Morgan fingerprint density at radius 1 is 1.03 bits per heavy atom. The monoisotopic (exact) mass is 426 g/mol. The number of hydrogen-bond donors (Lipinski definition) is 3. The highest BCUT2D eigenvalue weighted by Gasteiger charge is 2.07. The molecule has 0 aliphatic heterocycles. The van der Waals surface area contributed by atoms with Gasteiger partial charge in [-0.2, -0.15) is 0 Å². The van der Waals surface area contributed by atoms with Crippen molar-refractivity contribution in [2.45, 2.75) is 33.4 Å². The third-order valence-corrected chi connectivity index (χ3v) is 4.47. The molecule has 0 aliphatic rings. The molecule has 2 aromatic carbocycles. The zero-order valence-electron chi connectivity index (χ0n) is 18.7. The average Bonchev–Trinajstić information content (AvgIpc) is 2.78. The Labute approximate surface area is 185 Å². The van der Waals surface area contributed by atoms with Gasteiger partial charge in [0.05, 0.1) is 19.7 Å². The lowest BCUT2D eigenvalue weighted by Gasteiger charge is -2.14. The zero-order valence-corrected chi connectivity index (χ0v) is 18.7. The van der Waals surface area contributed by atoms with Crippen LogP contribution in [0.15, 0.2) is 53.5 Å². The Hall–Kier alpha value is -3.06. The number of rotatable bonds is 12. The number of amides is 1. The molecule has 3 N–H and O–H groups in total. The van der Waals surface area contributed by atoms with E-state index in [0.29, 0.717) is 38.8 Å². The molecule has 0 heterocycles. The molecule has 0 aliphatic carbocycles. The van der Waals surface area contributed by atoms with Crippen molar-refractivity contribution in [1.29, 1.82) is 0 Å². The number of benzene rings is 2. The highest BCUT2D eigenvalue weighted by molar-refractivity contribution is 5.86. The molecule has 168 valence electrons. The molecule has 0 fully saturated rings. The maximum Gasteiger partial charge on any atom is 0.239 e. The highest BCUT2D eigenvalue weighted by Crippen LogP contribution is 2.21. The van der Waals surface area contributed by atoms with E-state index in [4.69, 9.17) is 9.47 Å². The smallest absolute Gasteiger partial charge is 0.239 e. The summed E-state index contributed by atoms with van der Waals surface area (Å²) in [6.45, 7) is 7.08. The van der Waals surface area contributed by atoms with Crippen LogP contribution in [-0.4, -0.2) is 45.3 Å². The van der Waals surface area contributed by atoms with Crippen molar-refractivity contribution in [3.8, 4) is 5.75 Å². The van der Waals surface area contributed by atoms with Gasteiger partial charge in [0.1, 0.15) is 5.75 Å². The SMILES string of the molecule is CCNC(=NCc1ccc(C)cc1OCCCOC)NCC(=O)NCc1ccccc1. The number of aryl methyl sites for hydroxylation is 1. The summed E-state index contributed by atoms with van der Waals surface area (Å²) < 4.78 is 11.0. The van der Waals surface area contributed by atoms with Crippen LogP contribution in [0.3, 0.4) is 0 Å². The molecular formula is C24H34N4O3. The van der Waals surface area contributed by atoms with E-state index in [1.165, 1.54) is 0 Å². The lowest BCUT2D eigenvalue weighted by atomic mass is 10.1. The van der Waals surface area contributed by atoms with Crippen molar-refractivity contribution < 1.29 is 14.3 Å². The van der Waals surface area contributed by atoms with Crippen molar-refractivity contribution in [2.24, 2.45) is 4.99 Å². The first kappa shape index (κ1) is 24.2. The number of ether oxygens (including phenoxy) is 2. The van der Waals surface area contributed by atoms with Gasteiger partial charge in [-0.05, 0) is 31.0 Å². The first-order valence-corrected chi connectivity index (χ1v) is 10.7. The Morgan fingerprint density at radius 2 is 1.84 bits per heavy atom. The van der Waals surface area contributed by atoms with Crippen LogP contribution in [0.5, 0.6) is 5.75 Å². The fraction of sp³-hybridized carbons (Fsp3) is 0.417. The minimum Gasteiger partial charge on any atom is -0.493 e. The minimum absolute atomic E-state index is 0.0908. The van der Waals surface area contributed by atoms with E-state index < -0.39 is 0 Å². The number of nitrogens with one attached hydrogen (secondary N) is 3. The number of hydrogen-bond acceptors (Lipinski definition) is 4. The van der Waals surface area contributed by atoms with Crippen molar-refractivity contribution >= 4 is 11.9 Å². The molecule has 1 amide bonds. The Morgan fingerprint density at radius 3 is 2.58 bits per heavy atom. The second kappa shape index (κ2) is 14.0. The summed E-state index contributed by atoms with van der Waals surface area (Å²) in [5, 5.41) is 9.17. The fourth-order valence-electron chi connectivity index (χ4n) is 2.84. The molecule has 7 nitrogen and oxygen atoms in total. The number of carbonyl (C=O) groups excluding carboxylic acids is 1. The molecule has 0 saturated carbocycles. The summed E-state index contributed by atoms with van der Waals surface area (Å²) >= 11 is 0. The molecule has 0 bridgehead atoms. The van der Waals surface area contributed by atoms with E-state index in [1.54, 1.807) is 7.11 Å². The molecule has 2 rings (SSSR count). The average molecular weight is 427 g/mol. The molecule has 2 aromatic rings. The van der Waals surface area contributed by atoms with Gasteiger partial charge in [0.15, 0.2) is 5.96 Å².